The van der Waals surface area contributed by atoms with Crippen molar-refractivity contribution in [1.29, 1.82) is 0 Å². The van der Waals surface area contributed by atoms with Gasteiger partial charge in [-0.25, -0.2) is 0 Å². The van der Waals surface area contributed by atoms with Gasteiger partial charge in [-0.1, -0.05) is 40.2 Å². The minimum atomic E-state index is -1.83. The fourth-order valence-electron chi connectivity index (χ4n) is 1.18. The molecule has 0 unspecified atom stereocenters. The van der Waals surface area contributed by atoms with Crippen LogP contribution >= 0.6 is 0 Å². The molecule has 0 spiro atoms. The standard InChI is InChI=1S/C14H28O2Si/c1-8-9-10-11-13(15)12(2)16-17(6,7)14(3,4)5/h10-12H,8-9H2,1-7H3/b11-10+/t12-/m0/s1. The number of unbranched alkanes of at least 4 members (excludes halogenated alkanes) is 1. The average Bonchev–Trinajstić information content (AvgIpc) is 2.15. The van der Waals surface area contributed by atoms with E-state index in [1.165, 1.54) is 0 Å². The van der Waals surface area contributed by atoms with E-state index in [0.717, 1.165) is 12.8 Å². The summed E-state index contributed by atoms with van der Waals surface area (Å²) in [5.41, 5.74) is 0. The van der Waals surface area contributed by atoms with Crippen LogP contribution in [-0.4, -0.2) is 20.2 Å². The number of ketones is 1. The quantitative estimate of drug-likeness (QED) is 0.522. The highest BCUT2D eigenvalue weighted by atomic mass is 28.4. The van der Waals surface area contributed by atoms with Gasteiger partial charge in [0, 0.05) is 0 Å². The Kier molecular flexibility index (Phi) is 6.34. The summed E-state index contributed by atoms with van der Waals surface area (Å²) in [6, 6.07) is 0. The van der Waals surface area contributed by atoms with E-state index in [1.54, 1.807) is 6.08 Å². The van der Waals surface area contributed by atoms with Crippen LogP contribution in [0.5, 0.6) is 0 Å². The molecule has 0 rings (SSSR count). The molecule has 0 bridgehead atoms. The molecular formula is C14H28O2Si. The van der Waals surface area contributed by atoms with Gasteiger partial charge in [-0.15, -0.1) is 0 Å². The molecule has 3 heteroatoms. The van der Waals surface area contributed by atoms with Crippen LogP contribution in [-0.2, 0) is 9.22 Å². The highest BCUT2D eigenvalue weighted by Crippen LogP contribution is 2.37. The van der Waals surface area contributed by atoms with Crippen molar-refractivity contribution in [2.24, 2.45) is 0 Å². The summed E-state index contributed by atoms with van der Waals surface area (Å²) in [5.74, 6) is 0.0864. The first kappa shape index (κ1) is 16.6. The van der Waals surface area contributed by atoms with Gasteiger partial charge >= 0.3 is 0 Å². The Morgan fingerprint density at radius 3 is 2.29 bits per heavy atom. The van der Waals surface area contributed by atoms with Crippen molar-refractivity contribution in [2.75, 3.05) is 0 Å². The highest BCUT2D eigenvalue weighted by Gasteiger charge is 2.39. The van der Waals surface area contributed by atoms with Crippen molar-refractivity contribution >= 4 is 14.1 Å². The molecule has 17 heavy (non-hydrogen) atoms. The molecule has 0 aliphatic heterocycles. The molecule has 0 saturated heterocycles. The number of rotatable bonds is 6. The summed E-state index contributed by atoms with van der Waals surface area (Å²) in [4.78, 5) is 11.8. The number of allylic oxidation sites excluding steroid dienone is 1. The molecular weight excluding hydrogens is 228 g/mol. The van der Waals surface area contributed by atoms with Crippen molar-refractivity contribution in [3.05, 3.63) is 12.2 Å². The Bertz CT molecular complexity index is 274. The minimum Gasteiger partial charge on any atom is -0.407 e. The first-order valence-corrected chi connectivity index (χ1v) is 9.41. The number of hydrogen-bond acceptors (Lipinski definition) is 2. The van der Waals surface area contributed by atoms with Crippen LogP contribution in [0.1, 0.15) is 47.5 Å². The summed E-state index contributed by atoms with van der Waals surface area (Å²) in [7, 11) is -1.83. The van der Waals surface area contributed by atoms with E-state index < -0.39 is 8.32 Å². The largest absolute Gasteiger partial charge is 0.407 e. The summed E-state index contributed by atoms with van der Waals surface area (Å²) < 4.78 is 6.03. The van der Waals surface area contributed by atoms with Crippen LogP contribution in [0.4, 0.5) is 0 Å². The van der Waals surface area contributed by atoms with E-state index in [-0.39, 0.29) is 16.9 Å². The molecule has 0 saturated carbocycles. The van der Waals surface area contributed by atoms with Gasteiger partial charge in [0.2, 0.25) is 0 Å². The second-order valence-electron chi connectivity index (χ2n) is 6.11. The van der Waals surface area contributed by atoms with Crippen LogP contribution in [0.2, 0.25) is 18.1 Å². The van der Waals surface area contributed by atoms with Crippen LogP contribution in [0.3, 0.4) is 0 Å². The summed E-state index contributed by atoms with van der Waals surface area (Å²) in [6.45, 7) is 14.9. The lowest BCUT2D eigenvalue weighted by atomic mass is 10.2. The first-order chi connectivity index (χ1) is 7.62. The van der Waals surface area contributed by atoms with Gasteiger partial charge in [0.25, 0.3) is 0 Å². The molecule has 100 valence electrons. The van der Waals surface area contributed by atoms with E-state index in [4.69, 9.17) is 4.43 Å². The van der Waals surface area contributed by atoms with Crippen molar-refractivity contribution in [1.82, 2.24) is 0 Å². The number of carbonyl (C=O) groups is 1. The molecule has 0 fully saturated rings. The van der Waals surface area contributed by atoms with Crippen LogP contribution in [0.25, 0.3) is 0 Å². The molecule has 1 atom stereocenters. The molecule has 0 heterocycles. The lowest BCUT2D eigenvalue weighted by Crippen LogP contribution is -2.44. The zero-order valence-electron chi connectivity index (χ0n) is 12.5. The summed E-state index contributed by atoms with van der Waals surface area (Å²) >= 11 is 0. The SMILES string of the molecule is CCC/C=C/C(=O)[C@H](C)O[Si](C)(C)C(C)(C)C. The maximum absolute atomic E-state index is 11.8. The smallest absolute Gasteiger partial charge is 0.193 e. The summed E-state index contributed by atoms with van der Waals surface area (Å²) in [5, 5.41) is 0.147. The lowest BCUT2D eigenvalue weighted by Gasteiger charge is -2.37. The van der Waals surface area contributed by atoms with Gasteiger partial charge < -0.3 is 4.43 Å². The Morgan fingerprint density at radius 2 is 1.88 bits per heavy atom. The van der Waals surface area contributed by atoms with Gasteiger partial charge in [-0.2, -0.15) is 0 Å². The maximum atomic E-state index is 11.8. The van der Waals surface area contributed by atoms with Crippen molar-refractivity contribution in [2.45, 2.75) is 71.7 Å². The fraction of sp³-hybridized carbons (Fsp3) is 0.786. The first-order valence-electron chi connectivity index (χ1n) is 6.50. The van der Waals surface area contributed by atoms with Crippen LogP contribution < -0.4 is 0 Å². The van der Waals surface area contributed by atoms with Crippen molar-refractivity contribution < 1.29 is 9.22 Å². The molecule has 0 radical (unpaired) electrons. The van der Waals surface area contributed by atoms with E-state index >= 15 is 0 Å². The highest BCUT2D eigenvalue weighted by molar-refractivity contribution is 6.74. The van der Waals surface area contributed by atoms with Crippen LogP contribution in [0.15, 0.2) is 12.2 Å². The minimum absolute atomic E-state index is 0.0864. The molecule has 0 aliphatic carbocycles. The third kappa shape index (κ3) is 5.64. The monoisotopic (exact) mass is 256 g/mol. The molecule has 0 aromatic heterocycles. The van der Waals surface area contributed by atoms with Gasteiger partial charge in [-0.05, 0) is 37.6 Å². The Balaban J connectivity index is 4.44. The number of hydrogen-bond donors (Lipinski definition) is 0. The van der Waals surface area contributed by atoms with Crippen molar-refractivity contribution in [3.8, 4) is 0 Å². The Labute approximate surface area is 108 Å². The third-order valence-corrected chi connectivity index (χ3v) is 7.97. The Hall–Kier alpha value is -0.413. The van der Waals surface area contributed by atoms with Gasteiger partial charge in [-0.3, -0.25) is 4.79 Å². The predicted octanol–water partition coefficient (Wildman–Crippen LogP) is 4.32. The second-order valence-corrected chi connectivity index (χ2v) is 10.9. The molecule has 0 amide bonds. The van der Waals surface area contributed by atoms with Gasteiger partial charge in [0.05, 0.1) is 0 Å². The van der Waals surface area contributed by atoms with Gasteiger partial charge in [0.1, 0.15) is 6.10 Å². The maximum Gasteiger partial charge on any atom is 0.193 e. The predicted molar refractivity (Wildman–Crippen MR) is 76.8 cm³/mol. The molecule has 0 aliphatic rings. The van der Waals surface area contributed by atoms with Crippen molar-refractivity contribution in [3.63, 3.8) is 0 Å². The van der Waals surface area contributed by atoms with E-state index in [9.17, 15) is 4.79 Å². The molecule has 0 aromatic carbocycles. The van der Waals surface area contributed by atoms with E-state index in [0.29, 0.717) is 0 Å². The third-order valence-electron chi connectivity index (χ3n) is 3.42. The molecule has 2 nitrogen and oxygen atoms in total. The average molecular weight is 256 g/mol. The lowest BCUT2D eigenvalue weighted by molar-refractivity contribution is -0.120. The van der Waals surface area contributed by atoms with E-state index in [2.05, 4.69) is 40.8 Å². The topological polar surface area (TPSA) is 26.3 Å². The zero-order valence-corrected chi connectivity index (χ0v) is 13.5. The second kappa shape index (κ2) is 6.50. The fourth-order valence-corrected chi connectivity index (χ4v) is 2.53. The number of carbonyl (C=O) groups excluding carboxylic acids is 1. The molecule has 0 N–H and O–H groups in total. The molecule has 0 aromatic rings. The van der Waals surface area contributed by atoms with Gasteiger partial charge in [0.15, 0.2) is 14.1 Å². The zero-order chi connectivity index (χ0) is 13.7. The van der Waals surface area contributed by atoms with E-state index in [1.807, 2.05) is 13.0 Å². The summed E-state index contributed by atoms with van der Waals surface area (Å²) in [6.07, 6.45) is 5.32. The van der Waals surface area contributed by atoms with Crippen LogP contribution in [0, 0.1) is 0 Å². The Morgan fingerprint density at radius 1 is 1.35 bits per heavy atom. The normalized spacial score (nSPS) is 15.2.